The van der Waals surface area contributed by atoms with Crippen molar-refractivity contribution in [2.45, 2.75) is 52.5 Å². The second-order valence-corrected chi connectivity index (χ2v) is 5.57. The van der Waals surface area contributed by atoms with Gasteiger partial charge >= 0.3 is 0 Å². The van der Waals surface area contributed by atoms with E-state index in [0.29, 0.717) is 5.82 Å². The average Bonchev–Trinajstić information content (AvgIpc) is 2.33. The van der Waals surface area contributed by atoms with Gasteiger partial charge in [-0.3, -0.25) is 0 Å². The van der Waals surface area contributed by atoms with Crippen LogP contribution < -0.4 is 0 Å². The molecule has 2 heteroatoms. The van der Waals surface area contributed by atoms with E-state index in [9.17, 15) is 0 Å². The van der Waals surface area contributed by atoms with Crippen LogP contribution in [0.15, 0.2) is 24.3 Å². The van der Waals surface area contributed by atoms with Gasteiger partial charge in [0.05, 0.1) is 0 Å². The van der Waals surface area contributed by atoms with E-state index in [-0.39, 0.29) is 6.15 Å². The lowest BCUT2D eigenvalue weighted by Crippen LogP contribution is -2.38. The van der Waals surface area contributed by atoms with Crippen LogP contribution in [0.25, 0.3) is 0 Å². The Morgan fingerprint density at radius 3 is 1.81 bits per heavy atom. The summed E-state index contributed by atoms with van der Waals surface area (Å²) < 4.78 is 0. The number of hydrogen-bond donors (Lipinski definition) is 0. The van der Waals surface area contributed by atoms with Crippen LogP contribution in [-0.2, 0) is 0 Å². The van der Waals surface area contributed by atoms with Crippen LogP contribution in [0.3, 0.4) is 0 Å². The van der Waals surface area contributed by atoms with Crippen molar-refractivity contribution in [3.8, 4) is 0 Å². The van der Waals surface area contributed by atoms with Gasteiger partial charge in [-0.2, -0.15) is 19.0 Å². The van der Waals surface area contributed by atoms with Gasteiger partial charge in [0, 0.05) is 11.2 Å². The van der Waals surface area contributed by atoms with E-state index in [2.05, 4.69) is 39.8 Å². The minimum atomic E-state index is -0.264. The highest BCUT2D eigenvalue weighted by atomic mass is 35.5. The summed E-state index contributed by atoms with van der Waals surface area (Å²) in [7, 11) is 0. The van der Waals surface area contributed by atoms with Gasteiger partial charge in [0.25, 0.3) is 0 Å². The number of benzene rings is 1. The Balaban J connectivity index is 2.98. The van der Waals surface area contributed by atoms with Crippen LogP contribution >= 0.6 is 11.6 Å². The Morgan fingerprint density at radius 2 is 1.44 bits per heavy atom. The number of rotatable bonds is 5. The zero-order valence-electron chi connectivity index (χ0n) is 11.0. The van der Waals surface area contributed by atoms with Crippen molar-refractivity contribution in [3.05, 3.63) is 34.9 Å². The minimum Gasteiger partial charge on any atom is -0.180 e. The molecule has 0 amide bonds. The van der Waals surface area contributed by atoms with Gasteiger partial charge in [-0.15, -0.1) is 5.82 Å². The largest absolute Gasteiger partial charge is 0.180 e. The molecule has 16 heavy (non-hydrogen) atoms. The second kappa shape index (κ2) is 5.77. The van der Waals surface area contributed by atoms with E-state index in [1.165, 1.54) is 24.5 Å². The molecule has 0 bridgehead atoms. The molecule has 0 aliphatic carbocycles. The molecule has 0 aromatic heterocycles. The van der Waals surface area contributed by atoms with Gasteiger partial charge < -0.3 is 0 Å². The van der Waals surface area contributed by atoms with Gasteiger partial charge in [0.1, 0.15) is 0 Å². The molecule has 1 rings (SSSR count). The van der Waals surface area contributed by atoms with Gasteiger partial charge in [-0.05, 0) is 12.1 Å². The third-order valence-electron chi connectivity index (χ3n) is 4.90. The van der Waals surface area contributed by atoms with Crippen LogP contribution in [-0.4, -0.2) is 6.15 Å². The van der Waals surface area contributed by atoms with Crippen LogP contribution in [0, 0.1) is 0 Å². The zero-order chi connectivity index (χ0) is 12.2. The van der Waals surface area contributed by atoms with Crippen LogP contribution in [0.5, 0.6) is 0 Å². The lowest BCUT2D eigenvalue weighted by molar-refractivity contribution is 0.944. The van der Waals surface area contributed by atoms with E-state index in [0.717, 1.165) is 5.02 Å². The monoisotopic (exact) mass is 237 g/mol. The predicted octanol–water partition coefficient (Wildman–Crippen LogP) is 5.49. The Hall–Kier alpha value is -0.425. The van der Waals surface area contributed by atoms with Gasteiger partial charge in [0.2, 0.25) is 0 Å². The van der Waals surface area contributed by atoms with Crippen LogP contribution in [0.4, 0.5) is 0 Å². The maximum atomic E-state index is 5.94. The number of halogens is 1. The van der Waals surface area contributed by atoms with Gasteiger partial charge in [-0.25, -0.2) is 0 Å². The summed E-state index contributed by atoms with van der Waals surface area (Å²) in [5.74, 6) is 0.664. The SMILES string of the molecule is CC[B-](CC)(CC)C(C)c1ccc(Cl)cc1. The van der Waals surface area contributed by atoms with Gasteiger partial charge in [-0.1, -0.05) is 57.0 Å². The fraction of sp³-hybridized carbons (Fsp3) is 0.571. The lowest BCUT2D eigenvalue weighted by Gasteiger charge is -2.43. The molecule has 1 atom stereocenters. The highest BCUT2D eigenvalue weighted by Crippen LogP contribution is 2.35. The molecular formula is C14H23BCl-. The summed E-state index contributed by atoms with van der Waals surface area (Å²) >= 11 is 5.94. The normalized spacial score (nSPS) is 13.8. The molecule has 90 valence electrons. The summed E-state index contributed by atoms with van der Waals surface area (Å²) in [5.41, 5.74) is 1.44. The highest BCUT2D eigenvalue weighted by Gasteiger charge is 2.26. The van der Waals surface area contributed by atoms with E-state index in [1.54, 1.807) is 0 Å². The molecule has 0 aliphatic heterocycles. The highest BCUT2D eigenvalue weighted by molar-refractivity contribution is 6.80. The maximum Gasteiger partial charge on any atom is 0.0406 e. The molecular weight excluding hydrogens is 214 g/mol. The fourth-order valence-electron chi connectivity index (χ4n) is 3.10. The van der Waals surface area contributed by atoms with Gasteiger partial charge in [0.15, 0.2) is 0 Å². The van der Waals surface area contributed by atoms with Crippen LogP contribution in [0.2, 0.25) is 24.0 Å². The van der Waals surface area contributed by atoms with E-state index >= 15 is 0 Å². The first-order chi connectivity index (χ1) is 7.59. The minimum absolute atomic E-state index is 0.264. The molecule has 0 nitrogen and oxygen atoms in total. The first-order valence-corrected chi connectivity index (χ1v) is 6.93. The Morgan fingerprint density at radius 1 is 1.00 bits per heavy atom. The van der Waals surface area contributed by atoms with Crippen molar-refractivity contribution in [2.75, 3.05) is 0 Å². The molecule has 0 spiro atoms. The molecule has 0 N–H and O–H groups in total. The Labute approximate surface area is 105 Å². The predicted molar refractivity (Wildman–Crippen MR) is 77.1 cm³/mol. The fourth-order valence-corrected chi connectivity index (χ4v) is 3.23. The Bertz CT molecular complexity index is 306. The Kier molecular flexibility index (Phi) is 4.92. The first-order valence-electron chi connectivity index (χ1n) is 6.56. The molecule has 1 unspecified atom stereocenters. The quantitative estimate of drug-likeness (QED) is 0.594. The van der Waals surface area contributed by atoms with Crippen molar-refractivity contribution in [1.82, 2.24) is 0 Å². The van der Waals surface area contributed by atoms with Crippen molar-refractivity contribution in [2.24, 2.45) is 0 Å². The topological polar surface area (TPSA) is 0 Å². The molecule has 0 radical (unpaired) electrons. The lowest BCUT2D eigenvalue weighted by atomic mass is 9.14. The van der Waals surface area contributed by atoms with Crippen molar-refractivity contribution in [3.63, 3.8) is 0 Å². The summed E-state index contributed by atoms with van der Waals surface area (Å²) in [6.07, 6.45) is 3.64. The molecule has 0 saturated heterocycles. The molecule has 0 saturated carbocycles. The molecule has 1 aromatic rings. The molecule has 0 fully saturated rings. The standard InChI is InChI=1S/C14H23BCl/c1-5-15(6-2,7-3)12(4)13-8-10-14(16)11-9-13/h8-12H,5-7H2,1-4H3/q-1. The summed E-state index contributed by atoms with van der Waals surface area (Å²) in [6.45, 7) is 9.37. The maximum absolute atomic E-state index is 5.94. The van der Waals surface area contributed by atoms with Crippen LogP contribution in [0.1, 0.15) is 39.1 Å². The van der Waals surface area contributed by atoms with Crippen molar-refractivity contribution < 1.29 is 0 Å². The van der Waals surface area contributed by atoms with E-state index in [1.807, 2.05) is 12.1 Å². The van der Waals surface area contributed by atoms with Crippen molar-refractivity contribution in [1.29, 1.82) is 0 Å². The summed E-state index contributed by atoms with van der Waals surface area (Å²) in [5, 5.41) is 0.832. The molecule has 0 aliphatic rings. The summed E-state index contributed by atoms with van der Waals surface area (Å²) in [4.78, 5) is 0. The second-order valence-electron chi connectivity index (χ2n) is 5.14. The van der Waals surface area contributed by atoms with E-state index < -0.39 is 0 Å². The van der Waals surface area contributed by atoms with Crippen molar-refractivity contribution >= 4 is 17.7 Å². The smallest absolute Gasteiger partial charge is 0.0406 e. The zero-order valence-corrected chi connectivity index (χ0v) is 11.7. The number of hydrogen-bond acceptors (Lipinski definition) is 0. The average molecular weight is 238 g/mol. The molecule has 0 heterocycles. The third kappa shape index (κ3) is 2.63. The molecule has 1 aromatic carbocycles. The third-order valence-corrected chi connectivity index (χ3v) is 5.15. The first kappa shape index (κ1) is 13.6. The van der Waals surface area contributed by atoms with E-state index in [4.69, 9.17) is 11.6 Å². The summed E-state index contributed by atoms with van der Waals surface area (Å²) in [6, 6.07) is 8.39.